The Kier molecular flexibility index (Phi) is 7.18. The Morgan fingerprint density at radius 1 is 0.667 bits per heavy atom. The van der Waals surface area contributed by atoms with Crippen LogP contribution in [0.4, 0.5) is 11.4 Å². The number of rotatable bonds is 6. The Labute approximate surface area is 212 Å². The van der Waals surface area contributed by atoms with Gasteiger partial charge in [-0.25, -0.2) is 0 Å². The molecule has 0 spiro atoms. The van der Waals surface area contributed by atoms with Gasteiger partial charge in [-0.05, 0) is 76.2 Å². The summed E-state index contributed by atoms with van der Waals surface area (Å²) in [5.74, 6) is 0. The highest BCUT2D eigenvalue weighted by Gasteiger charge is 2.43. The van der Waals surface area contributed by atoms with E-state index >= 15 is 0 Å². The number of hydrogen-bond donors (Lipinski definition) is 0. The lowest BCUT2D eigenvalue weighted by Crippen LogP contribution is -2.51. The Morgan fingerprint density at radius 3 is 1.39 bits per heavy atom. The maximum absolute atomic E-state index is 4.50. The molecular formula is C23H30Br2N8. The van der Waals surface area contributed by atoms with Crippen molar-refractivity contribution >= 4 is 43.2 Å². The molecule has 0 amide bonds. The summed E-state index contributed by atoms with van der Waals surface area (Å²) in [6.45, 7) is 13.0. The van der Waals surface area contributed by atoms with E-state index in [1.165, 1.54) is 0 Å². The maximum Gasteiger partial charge on any atom is 0.0912 e. The van der Waals surface area contributed by atoms with Gasteiger partial charge in [-0.15, -0.1) is 10.2 Å². The smallest absolute Gasteiger partial charge is 0.0912 e. The van der Waals surface area contributed by atoms with Crippen molar-refractivity contribution in [2.45, 2.75) is 38.8 Å². The van der Waals surface area contributed by atoms with E-state index in [1.807, 2.05) is 58.5 Å². The largest absolute Gasteiger partial charge is 0.264 e. The molecule has 2 heterocycles. The molecule has 0 bridgehead atoms. The Balaban J connectivity index is 1.37. The molecule has 2 saturated heterocycles. The summed E-state index contributed by atoms with van der Waals surface area (Å²) >= 11 is 6.91. The van der Waals surface area contributed by atoms with Gasteiger partial charge in [-0.3, -0.25) is 19.8 Å². The Morgan fingerprint density at radius 2 is 1.03 bits per heavy atom. The average Bonchev–Trinajstić information content (AvgIpc) is 3.21. The second kappa shape index (κ2) is 9.77. The summed E-state index contributed by atoms with van der Waals surface area (Å²) in [5.41, 5.74) is 1.67. The molecule has 176 valence electrons. The van der Waals surface area contributed by atoms with E-state index in [0.29, 0.717) is 0 Å². The molecule has 10 heteroatoms. The maximum atomic E-state index is 4.50. The molecular weight excluding hydrogens is 548 g/mol. The van der Waals surface area contributed by atoms with Crippen LogP contribution in [0, 0.1) is 0 Å². The van der Waals surface area contributed by atoms with Crippen LogP contribution >= 0.6 is 31.9 Å². The summed E-state index contributed by atoms with van der Waals surface area (Å²) in [6, 6.07) is 15.7. The first-order valence-corrected chi connectivity index (χ1v) is 12.5. The van der Waals surface area contributed by atoms with E-state index < -0.39 is 0 Å². The van der Waals surface area contributed by atoms with Crippen molar-refractivity contribution in [3.05, 3.63) is 57.5 Å². The highest BCUT2D eigenvalue weighted by Crippen LogP contribution is 2.31. The molecule has 0 aliphatic carbocycles. The highest BCUT2D eigenvalue weighted by atomic mass is 79.9. The van der Waals surface area contributed by atoms with Gasteiger partial charge in [-0.1, -0.05) is 42.3 Å². The lowest BCUT2D eigenvalue weighted by molar-refractivity contribution is 0.0416. The van der Waals surface area contributed by atoms with Gasteiger partial charge in [0.15, 0.2) is 0 Å². The number of nitrogens with zero attached hydrogens (tertiary/aromatic N) is 8. The SMILES string of the molecule is CC1(C)CN(N=Nc2ccc(Br)cc2)CN1CN1CN(N=Nc2ccc(Br)cc2)CC1(C)C. The Hall–Kier alpha value is -1.88. The lowest BCUT2D eigenvalue weighted by Gasteiger charge is -2.37. The molecule has 0 radical (unpaired) electrons. The van der Waals surface area contributed by atoms with Gasteiger partial charge in [0, 0.05) is 20.0 Å². The van der Waals surface area contributed by atoms with Crippen LogP contribution in [-0.2, 0) is 0 Å². The predicted molar refractivity (Wildman–Crippen MR) is 137 cm³/mol. The molecule has 2 aromatic carbocycles. The molecule has 0 aromatic heterocycles. The Bertz CT molecular complexity index is 923. The molecule has 2 fully saturated rings. The molecule has 0 unspecified atom stereocenters. The molecule has 2 aliphatic heterocycles. The molecule has 0 atom stereocenters. The zero-order valence-electron chi connectivity index (χ0n) is 19.5. The minimum atomic E-state index is -0.0127. The van der Waals surface area contributed by atoms with Gasteiger partial charge in [0.25, 0.3) is 0 Å². The molecule has 8 nitrogen and oxygen atoms in total. The topological polar surface area (TPSA) is 62.4 Å². The molecule has 0 saturated carbocycles. The van der Waals surface area contributed by atoms with Crippen LogP contribution in [0.3, 0.4) is 0 Å². The summed E-state index contributed by atoms with van der Waals surface area (Å²) in [4.78, 5) is 4.90. The van der Waals surface area contributed by atoms with E-state index in [-0.39, 0.29) is 11.1 Å². The van der Waals surface area contributed by atoms with Crippen molar-refractivity contribution in [2.75, 3.05) is 33.1 Å². The van der Waals surface area contributed by atoms with Crippen LogP contribution in [-0.4, -0.2) is 64.0 Å². The highest BCUT2D eigenvalue weighted by molar-refractivity contribution is 9.10. The number of halogens is 2. The van der Waals surface area contributed by atoms with Gasteiger partial charge in [0.05, 0.1) is 44.5 Å². The third-order valence-electron chi connectivity index (χ3n) is 6.09. The predicted octanol–water partition coefficient (Wildman–Crippen LogP) is 6.57. The third kappa shape index (κ3) is 6.17. The van der Waals surface area contributed by atoms with Gasteiger partial charge < -0.3 is 0 Å². The molecule has 0 N–H and O–H groups in total. The zero-order valence-corrected chi connectivity index (χ0v) is 22.7. The second-order valence-electron chi connectivity index (χ2n) is 9.79. The van der Waals surface area contributed by atoms with Crippen molar-refractivity contribution in [1.82, 2.24) is 19.8 Å². The first kappa shape index (κ1) is 24.3. The van der Waals surface area contributed by atoms with Gasteiger partial charge in [0.2, 0.25) is 0 Å². The normalized spacial score (nSPS) is 21.2. The summed E-state index contributed by atoms with van der Waals surface area (Å²) in [6.07, 6.45) is 0. The fourth-order valence-corrected chi connectivity index (χ4v) is 4.54. The van der Waals surface area contributed by atoms with Crippen molar-refractivity contribution in [1.29, 1.82) is 0 Å². The van der Waals surface area contributed by atoms with Crippen LogP contribution in [0.25, 0.3) is 0 Å². The molecule has 33 heavy (non-hydrogen) atoms. The van der Waals surface area contributed by atoms with E-state index in [0.717, 1.165) is 53.4 Å². The first-order chi connectivity index (χ1) is 15.6. The first-order valence-electron chi connectivity index (χ1n) is 11.0. The van der Waals surface area contributed by atoms with Gasteiger partial charge in [-0.2, -0.15) is 0 Å². The van der Waals surface area contributed by atoms with E-state index in [1.54, 1.807) is 0 Å². The van der Waals surface area contributed by atoms with E-state index in [9.17, 15) is 0 Å². The van der Waals surface area contributed by atoms with Gasteiger partial charge >= 0.3 is 0 Å². The van der Waals surface area contributed by atoms with Crippen LogP contribution in [0.1, 0.15) is 27.7 Å². The minimum Gasteiger partial charge on any atom is -0.264 e. The van der Waals surface area contributed by atoms with Crippen molar-refractivity contribution in [2.24, 2.45) is 20.7 Å². The summed E-state index contributed by atoms with van der Waals surface area (Å²) < 4.78 is 2.07. The average molecular weight is 578 g/mol. The zero-order chi connectivity index (χ0) is 23.6. The summed E-state index contributed by atoms with van der Waals surface area (Å²) in [5, 5.41) is 21.9. The number of benzene rings is 2. The number of hydrogen-bond acceptors (Lipinski definition) is 6. The van der Waals surface area contributed by atoms with E-state index in [4.69, 9.17) is 0 Å². The third-order valence-corrected chi connectivity index (χ3v) is 7.14. The van der Waals surface area contributed by atoms with Crippen LogP contribution < -0.4 is 0 Å². The molecule has 2 aromatic rings. The van der Waals surface area contributed by atoms with Gasteiger partial charge in [0.1, 0.15) is 0 Å². The van der Waals surface area contributed by atoms with E-state index in [2.05, 4.69) is 90.0 Å². The monoisotopic (exact) mass is 576 g/mol. The van der Waals surface area contributed by atoms with Crippen molar-refractivity contribution in [3.8, 4) is 0 Å². The summed E-state index contributed by atoms with van der Waals surface area (Å²) in [7, 11) is 0. The van der Waals surface area contributed by atoms with Crippen molar-refractivity contribution in [3.63, 3.8) is 0 Å². The minimum absolute atomic E-state index is 0.0127. The van der Waals surface area contributed by atoms with Crippen molar-refractivity contribution < 1.29 is 0 Å². The second-order valence-corrected chi connectivity index (χ2v) is 11.6. The fraction of sp³-hybridized carbons (Fsp3) is 0.478. The van der Waals surface area contributed by atoms with Crippen LogP contribution in [0.5, 0.6) is 0 Å². The standard InChI is InChI=1S/C23H30Br2N8/c1-22(2)13-32(28-26-20-9-5-18(24)6-10-20)16-30(22)15-31-17-33(14-23(31,3)4)29-27-21-11-7-19(25)8-12-21/h5-12H,13-17H2,1-4H3. The quantitative estimate of drug-likeness (QED) is 0.364. The lowest BCUT2D eigenvalue weighted by atomic mass is 10.0. The molecule has 4 rings (SSSR count). The van der Waals surface area contributed by atoms with Crippen LogP contribution in [0.2, 0.25) is 0 Å². The molecule has 2 aliphatic rings. The fourth-order valence-electron chi connectivity index (χ4n) is 4.01. The van der Waals surface area contributed by atoms with Crippen LogP contribution in [0.15, 0.2) is 78.2 Å².